The second kappa shape index (κ2) is 10.8. The molecule has 1 saturated heterocycles. The van der Waals surface area contributed by atoms with Gasteiger partial charge in [-0.15, -0.1) is 0 Å². The highest BCUT2D eigenvalue weighted by molar-refractivity contribution is 5.82. The van der Waals surface area contributed by atoms with E-state index in [2.05, 4.69) is 10.2 Å². The molecule has 5 atom stereocenters. The predicted molar refractivity (Wildman–Crippen MR) is 125 cm³/mol. The Hall–Kier alpha value is -1.92. The first-order valence-electron chi connectivity index (χ1n) is 12.1. The lowest BCUT2D eigenvalue weighted by Gasteiger charge is -2.46. The number of fused-ring (bicyclic) bond motifs is 1. The van der Waals surface area contributed by atoms with Crippen LogP contribution in [0.1, 0.15) is 64.9 Å². The van der Waals surface area contributed by atoms with Gasteiger partial charge in [0.05, 0.1) is 18.1 Å². The van der Waals surface area contributed by atoms with Crippen molar-refractivity contribution in [3.05, 3.63) is 35.9 Å². The molecular formula is C26H40N2O4. The van der Waals surface area contributed by atoms with Crippen LogP contribution < -0.4 is 5.32 Å². The molecular weight excluding hydrogens is 404 g/mol. The molecule has 0 spiro atoms. The fourth-order valence-corrected chi connectivity index (χ4v) is 5.47. The van der Waals surface area contributed by atoms with E-state index in [1.54, 1.807) is 0 Å². The molecule has 1 amide bonds. The third-order valence-corrected chi connectivity index (χ3v) is 6.98. The van der Waals surface area contributed by atoms with Crippen molar-refractivity contribution in [1.82, 2.24) is 10.2 Å². The van der Waals surface area contributed by atoms with E-state index in [-0.39, 0.29) is 23.9 Å². The van der Waals surface area contributed by atoms with Crippen LogP contribution in [0.15, 0.2) is 30.3 Å². The number of carbonyl (C=O) groups is 2. The number of aliphatic carboxylic acids is 1. The molecule has 0 unspecified atom stereocenters. The lowest BCUT2D eigenvalue weighted by Crippen LogP contribution is -2.58. The van der Waals surface area contributed by atoms with Gasteiger partial charge < -0.3 is 15.5 Å². The number of nitrogens with one attached hydrogen (secondary N) is 1. The number of hydrogen-bond acceptors (Lipinski definition) is 4. The summed E-state index contributed by atoms with van der Waals surface area (Å²) >= 11 is 0. The minimum absolute atomic E-state index is 0.0211. The standard InChI is InChI=1S/C26H40N2O4/c1-26(2,3)27-24(30)23-15-19-11-7-8-12-20(19)16-28(23)17-22(29)14-21(25(31)32)13-18-9-5-4-6-10-18/h4-6,9-10,19-23,29H,7-8,11-17H2,1-3H3,(H,27,30)(H,31,32)/t19-,20+,21+,22-,23-/m0/s1. The summed E-state index contributed by atoms with van der Waals surface area (Å²) in [4.78, 5) is 27.1. The van der Waals surface area contributed by atoms with Crippen LogP contribution in [0, 0.1) is 17.8 Å². The fraction of sp³-hybridized carbons (Fsp3) is 0.692. The van der Waals surface area contributed by atoms with Gasteiger partial charge in [0.15, 0.2) is 0 Å². The van der Waals surface area contributed by atoms with Gasteiger partial charge >= 0.3 is 5.97 Å². The van der Waals surface area contributed by atoms with E-state index in [1.807, 2.05) is 51.1 Å². The number of carboxylic acids is 1. The molecule has 3 rings (SSSR count). The number of carbonyl (C=O) groups excluding carboxylic acids is 1. The van der Waals surface area contributed by atoms with Gasteiger partial charge in [0.25, 0.3) is 0 Å². The zero-order valence-corrected chi connectivity index (χ0v) is 19.8. The molecule has 32 heavy (non-hydrogen) atoms. The number of carboxylic acid groups (broad SMARTS) is 1. The molecule has 2 aliphatic rings. The Balaban J connectivity index is 1.67. The maximum Gasteiger partial charge on any atom is 0.306 e. The summed E-state index contributed by atoms with van der Waals surface area (Å²) in [6.07, 6.45) is 5.44. The number of aliphatic hydroxyl groups is 1. The highest BCUT2D eigenvalue weighted by Gasteiger charge is 2.41. The molecule has 1 aliphatic carbocycles. The number of amides is 1. The molecule has 6 nitrogen and oxygen atoms in total. The summed E-state index contributed by atoms with van der Waals surface area (Å²) in [6.45, 7) is 7.09. The minimum Gasteiger partial charge on any atom is -0.481 e. The largest absolute Gasteiger partial charge is 0.481 e. The molecule has 1 saturated carbocycles. The Morgan fingerprint density at radius 2 is 1.78 bits per heavy atom. The molecule has 1 aromatic rings. The first kappa shape index (κ1) is 24.7. The summed E-state index contributed by atoms with van der Waals surface area (Å²) in [5.41, 5.74) is 0.645. The van der Waals surface area contributed by atoms with Crippen LogP contribution in [0.2, 0.25) is 0 Å². The van der Waals surface area contributed by atoms with Gasteiger partial charge in [-0.2, -0.15) is 0 Å². The number of nitrogens with zero attached hydrogens (tertiary/aromatic N) is 1. The van der Waals surface area contributed by atoms with Crippen LogP contribution in [-0.4, -0.2) is 57.8 Å². The Bertz CT molecular complexity index is 761. The number of rotatable bonds is 8. The Morgan fingerprint density at radius 1 is 1.12 bits per heavy atom. The van der Waals surface area contributed by atoms with Gasteiger partial charge in [0.2, 0.25) is 5.91 Å². The first-order chi connectivity index (χ1) is 15.1. The van der Waals surface area contributed by atoms with E-state index in [0.29, 0.717) is 24.8 Å². The monoisotopic (exact) mass is 444 g/mol. The number of aliphatic hydroxyl groups excluding tert-OH is 1. The number of hydrogen-bond donors (Lipinski definition) is 3. The maximum absolute atomic E-state index is 13.1. The molecule has 1 heterocycles. The number of likely N-dealkylation sites (tertiary alicyclic amines) is 1. The van der Waals surface area contributed by atoms with Crippen molar-refractivity contribution in [2.24, 2.45) is 17.8 Å². The SMILES string of the molecule is CC(C)(C)NC(=O)[C@@H]1C[C@@H]2CCCC[C@@H]2CN1C[C@@H](O)C[C@@H](Cc1ccccc1)C(=O)O. The summed E-state index contributed by atoms with van der Waals surface area (Å²) < 4.78 is 0. The van der Waals surface area contributed by atoms with Crippen LogP contribution in [0.25, 0.3) is 0 Å². The second-order valence-electron chi connectivity index (χ2n) is 10.9. The van der Waals surface area contributed by atoms with Crippen LogP contribution in [0.3, 0.4) is 0 Å². The zero-order valence-electron chi connectivity index (χ0n) is 19.8. The van der Waals surface area contributed by atoms with E-state index in [1.165, 1.54) is 25.7 Å². The quantitative estimate of drug-likeness (QED) is 0.571. The summed E-state index contributed by atoms with van der Waals surface area (Å²) in [7, 11) is 0. The highest BCUT2D eigenvalue weighted by atomic mass is 16.4. The smallest absolute Gasteiger partial charge is 0.306 e. The molecule has 0 bridgehead atoms. The molecule has 0 aromatic heterocycles. The fourth-order valence-electron chi connectivity index (χ4n) is 5.47. The average molecular weight is 445 g/mol. The average Bonchev–Trinajstić information content (AvgIpc) is 2.72. The van der Waals surface area contributed by atoms with E-state index in [4.69, 9.17) is 0 Å². The van der Waals surface area contributed by atoms with Crippen LogP contribution in [0.4, 0.5) is 0 Å². The van der Waals surface area contributed by atoms with Crippen molar-refractivity contribution in [3.8, 4) is 0 Å². The van der Waals surface area contributed by atoms with Crippen LogP contribution >= 0.6 is 0 Å². The third kappa shape index (κ3) is 7.04. The lowest BCUT2D eigenvalue weighted by molar-refractivity contribution is -0.143. The van der Waals surface area contributed by atoms with Crippen LogP contribution in [-0.2, 0) is 16.0 Å². The van der Waals surface area contributed by atoms with Crippen molar-refractivity contribution >= 4 is 11.9 Å². The van der Waals surface area contributed by atoms with Crippen molar-refractivity contribution in [3.63, 3.8) is 0 Å². The Morgan fingerprint density at radius 3 is 2.41 bits per heavy atom. The normalized spacial score (nSPS) is 26.1. The van der Waals surface area contributed by atoms with Crippen molar-refractivity contribution < 1.29 is 19.8 Å². The van der Waals surface area contributed by atoms with E-state index >= 15 is 0 Å². The minimum atomic E-state index is -0.888. The molecule has 0 radical (unpaired) electrons. The van der Waals surface area contributed by atoms with Gasteiger partial charge in [-0.25, -0.2) is 0 Å². The van der Waals surface area contributed by atoms with Crippen LogP contribution in [0.5, 0.6) is 0 Å². The van der Waals surface area contributed by atoms with Gasteiger partial charge in [-0.3, -0.25) is 14.5 Å². The van der Waals surface area contributed by atoms with Crippen molar-refractivity contribution in [1.29, 1.82) is 0 Å². The lowest BCUT2D eigenvalue weighted by atomic mass is 9.72. The van der Waals surface area contributed by atoms with E-state index in [0.717, 1.165) is 18.5 Å². The Labute approximate surface area is 192 Å². The second-order valence-corrected chi connectivity index (χ2v) is 10.9. The third-order valence-electron chi connectivity index (χ3n) is 6.98. The van der Waals surface area contributed by atoms with Gasteiger partial charge in [-0.1, -0.05) is 49.6 Å². The number of β-amino-alcohol motifs (C(OH)–C–C–N with tert-alkyl or cyclic N) is 1. The summed E-state index contributed by atoms with van der Waals surface area (Å²) in [5, 5.41) is 23.7. The molecule has 3 N–H and O–H groups in total. The van der Waals surface area contributed by atoms with Crippen molar-refractivity contribution in [2.45, 2.75) is 83.4 Å². The molecule has 6 heteroatoms. The van der Waals surface area contributed by atoms with E-state index < -0.39 is 18.0 Å². The summed E-state index contributed by atoms with van der Waals surface area (Å²) in [5.74, 6) is -0.387. The number of benzene rings is 1. The zero-order chi connectivity index (χ0) is 23.3. The topological polar surface area (TPSA) is 89.9 Å². The molecule has 1 aliphatic heterocycles. The highest BCUT2D eigenvalue weighted by Crippen LogP contribution is 2.39. The van der Waals surface area contributed by atoms with Gasteiger partial charge in [0.1, 0.15) is 0 Å². The Kier molecular flexibility index (Phi) is 8.34. The van der Waals surface area contributed by atoms with Gasteiger partial charge in [-0.05, 0) is 63.9 Å². The van der Waals surface area contributed by atoms with Gasteiger partial charge in [0, 0.05) is 18.6 Å². The molecule has 1 aromatic carbocycles. The summed E-state index contributed by atoms with van der Waals surface area (Å²) in [6, 6.07) is 9.29. The van der Waals surface area contributed by atoms with E-state index in [9.17, 15) is 19.8 Å². The molecule has 178 valence electrons. The molecule has 2 fully saturated rings. The number of piperidine rings is 1. The maximum atomic E-state index is 13.1. The van der Waals surface area contributed by atoms with Crippen molar-refractivity contribution in [2.75, 3.05) is 13.1 Å². The first-order valence-corrected chi connectivity index (χ1v) is 12.1. The predicted octanol–water partition coefficient (Wildman–Crippen LogP) is 3.48.